The van der Waals surface area contributed by atoms with Gasteiger partial charge in [0.25, 0.3) is 5.91 Å². The van der Waals surface area contributed by atoms with E-state index in [0.29, 0.717) is 0 Å². The molecule has 0 aliphatic carbocycles. The Morgan fingerprint density at radius 2 is 1.52 bits per heavy atom. The number of amides is 1. The summed E-state index contributed by atoms with van der Waals surface area (Å²) in [5, 5.41) is 3.04. The number of hydrogen-bond acceptors (Lipinski definition) is 1. The van der Waals surface area contributed by atoms with E-state index < -0.39 is 0 Å². The number of hydrogen-bond donors (Lipinski definition) is 1. The molecule has 0 aromatic heterocycles. The molecule has 0 fully saturated rings. The number of carbonyl (C=O) groups is 1. The number of quaternary nitrogens is 1. The van der Waals surface area contributed by atoms with Gasteiger partial charge in [0.1, 0.15) is 5.82 Å². The Balaban J connectivity index is 0.00000484. The molecule has 5 heteroatoms. The molecule has 1 aromatic carbocycles. The van der Waals surface area contributed by atoms with Gasteiger partial charge in [-0.25, -0.2) is 4.39 Å². The van der Waals surface area contributed by atoms with Crippen molar-refractivity contribution >= 4 is 11.6 Å². The van der Waals surface area contributed by atoms with Crippen molar-refractivity contribution < 1.29 is 46.4 Å². The monoisotopic (exact) mass is 398 g/mol. The van der Waals surface area contributed by atoms with Gasteiger partial charge in [-0.3, -0.25) is 4.79 Å². The van der Waals surface area contributed by atoms with Crippen molar-refractivity contribution in [3.05, 3.63) is 29.1 Å². The predicted molar refractivity (Wildman–Crippen MR) is 90.5 cm³/mol. The first-order valence-corrected chi connectivity index (χ1v) is 8.28. The Bertz CT molecular complexity index is 498. The van der Waals surface area contributed by atoms with Crippen LogP contribution in [0.1, 0.15) is 45.2 Å². The van der Waals surface area contributed by atoms with E-state index in [4.69, 9.17) is 0 Å². The van der Waals surface area contributed by atoms with Gasteiger partial charge in [-0.2, -0.15) is 0 Å². The fraction of sp³-hybridized carbons (Fsp3) is 0.611. The van der Waals surface area contributed by atoms with Crippen molar-refractivity contribution in [2.75, 3.05) is 25.0 Å². The van der Waals surface area contributed by atoms with Crippen LogP contribution < -0.4 is 5.32 Å². The number of rotatable bonds is 7. The summed E-state index contributed by atoms with van der Waals surface area (Å²) in [5.74, 6) is -0.230. The molecule has 1 amide bonds. The summed E-state index contributed by atoms with van der Waals surface area (Å²) in [4.78, 5) is 12.8. The van der Waals surface area contributed by atoms with E-state index in [1.807, 2.05) is 13.8 Å². The quantitative estimate of drug-likeness (QED) is 0.691. The minimum absolute atomic E-state index is 0. The number of nitrogens with one attached hydrogen (secondary N) is 1. The van der Waals surface area contributed by atoms with Gasteiger partial charge >= 0.3 is 0 Å². The molecule has 0 bridgehead atoms. The Morgan fingerprint density at radius 3 is 1.87 bits per heavy atom. The Kier molecular flexibility index (Phi) is 9.72. The average Bonchev–Trinajstić information content (AvgIpc) is 2.48. The Labute approximate surface area is 165 Å². The molecule has 1 rings (SSSR count). The second-order valence-electron chi connectivity index (χ2n) is 6.00. The van der Waals surface area contributed by atoms with Crippen molar-refractivity contribution in [1.82, 2.24) is 0 Å². The van der Waals surface area contributed by atoms with Crippen LogP contribution >= 0.6 is 0 Å². The van der Waals surface area contributed by atoms with Crippen LogP contribution in [-0.2, 0) is 37.5 Å². The smallest absolute Gasteiger partial charge is 0.282 e. The molecule has 1 aromatic rings. The molecule has 1 radical (unpaired) electrons. The van der Waals surface area contributed by atoms with Crippen LogP contribution in [-0.4, -0.2) is 36.1 Å². The number of halogens is 1. The SMILES string of the molecule is CCC(C(=O)Nc1c(C)cc(F)cc1C)[N+](CC)(CC)CC.[Y]. The van der Waals surface area contributed by atoms with E-state index in [-0.39, 0.29) is 50.5 Å². The van der Waals surface area contributed by atoms with Gasteiger partial charge < -0.3 is 9.80 Å². The number of aryl methyl sites for hydroxylation is 2. The molecule has 23 heavy (non-hydrogen) atoms. The molecular weight excluding hydrogens is 368 g/mol. The second kappa shape index (κ2) is 9.85. The zero-order valence-corrected chi connectivity index (χ0v) is 18.2. The third kappa shape index (κ3) is 5.08. The molecule has 0 saturated carbocycles. The predicted octanol–water partition coefficient (Wildman–Crippen LogP) is 4.03. The fourth-order valence-electron chi connectivity index (χ4n) is 3.47. The summed E-state index contributed by atoms with van der Waals surface area (Å²) in [6, 6.07) is 2.85. The van der Waals surface area contributed by atoms with Crippen LogP contribution in [0.25, 0.3) is 0 Å². The number of benzene rings is 1. The third-order valence-corrected chi connectivity index (χ3v) is 4.99. The zero-order valence-electron chi connectivity index (χ0n) is 15.4. The van der Waals surface area contributed by atoms with E-state index in [9.17, 15) is 9.18 Å². The Hall–Kier alpha value is -0.316. The summed E-state index contributed by atoms with van der Waals surface area (Å²) >= 11 is 0. The first kappa shape index (κ1) is 22.7. The average molecular weight is 398 g/mol. The summed E-state index contributed by atoms with van der Waals surface area (Å²) in [6.07, 6.45) is 0.792. The van der Waals surface area contributed by atoms with Gasteiger partial charge in [0, 0.05) is 44.8 Å². The van der Waals surface area contributed by atoms with E-state index in [2.05, 4.69) is 33.0 Å². The standard InChI is InChI=1S/C18H29FN2O.Y/c1-7-16(21(8-2,9-3)10-4)18(22)20-17-13(5)11-15(19)12-14(17)6;/h11-12,16H,7-10H2,1-6H3;/p+1. The van der Waals surface area contributed by atoms with Gasteiger partial charge in [-0.1, -0.05) is 6.92 Å². The molecular formula is C18H30FN2OY+. The van der Waals surface area contributed by atoms with Gasteiger partial charge in [0.05, 0.1) is 19.6 Å². The molecule has 127 valence electrons. The maximum absolute atomic E-state index is 13.4. The molecule has 0 aliphatic heterocycles. The summed E-state index contributed by atoms with van der Waals surface area (Å²) in [6.45, 7) is 14.9. The van der Waals surface area contributed by atoms with Crippen molar-refractivity contribution in [3.8, 4) is 0 Å². The van der Waals surface area contributed by atoms with Gasteiger partial charge in [0.15, 0.2) is 6.04 Å². The second-order valence-corrected chi connectivity index (χ2v) is 6.00. The van der Waals surface area contributed by atoms with Crippen molar-refractivity contribution in [3.63, 3.8) is 0 Å². The maximum atomic E-state index is 13.4. The topological polar surface area (TPSA) is 29.1 Å². The van der Waals surface area contributed by atoms with Crippen LogP contribution in [0.5, 0.6) is 0 Å². The molecule has 0 aliphatic rings. The normalized spacial score (nSPS) is 12.5. The van der Waals surface area contributed by atoms with Crippen LogP contribution in [0.3, 0.4) is 0 Å². The first-order valence-electron chi connectivity index (χ1n) is 8.28. The fourth-order valence-corrected chi connectivity index (χ4v) is 3.47. The summed E-state index contributed by atoms with van der Waals surface area (Å²) < 4.78 is 14.2. The van der Waals surface area contributed by atoms with Gasteiger partial charge in [0.2, 0.25) is 0 Å². The largest absolute Gasteiger partial charge is 0.320 e. The van der Waals surface area contributed by atoms with E-state index in [1.165, 1.54) is 12.1 Å². The minimum Gasteiger partial charge on any atom is -0.320 e. The van der Waals surface area contributed by atoms with Crippen molar-refractivity contribution in [2.24, 2.45) is 0 Å². The van der Waals surface area contributed by atoms with E-state index in [0.717, 1.165) is 47.4 Å². The molecule has 0 heterocycles. The summed E-state index contributed by atoms with van der Waals surface area (Å²) in [7, 11) is 0. The molecule has 3 nitrogen and oxygen atoms in total. The van der Waals surface area contributed by atoms with Crippen LogP contribution in [0.2, 0.25) is 0 Å². The zero-order chi connectivity index (χ0) is 16.9. The van der Waals surface area contributed by atoms with Crippen LogP contribution in [0, 0.1) is 19.7 Å². The molecule has 1 atom stereocenters. The molecule has 1 N–H and O–H groups in total. The molecule has 1 unspecified atom stereocenters. The van der Waals surface area contributed by atoms with Crippen LogP contribution in [0.15, 0.2) is 12.1 Å². The number of nitrogens with zero attached hydrogens (tertiary/aromatic N) is 1. The van der Waals surface area contributed by atoms with E-state index in [1.54, 1.807) is 0 Å². The van der Waals surface area contributed by atoms with Crippen LogP contribution in [0.4, 0.5) is 10.1 Å². The minimum atomic E-state index is -0.263. The maximum Gasteiger partial charge on any atom is 0.282 e. The molecule has 0 saturated heterocycles. The first-order chi connectivity index (χ1) is 10.3. The number of carbonyl (C=O) groups excluding carboxylic acids is 1. The number of likely N-dealkylation sites (N-methyl/N-ethyl adjacent to an activating group) is 1. The summed E-state index contributed by atoms with van der Waals surface area (Å²) in [5.41, 5.74) is 2.28. The van der Waals surface area contributed by atoms with Gasteiger partial charge in [-0.05, 0) is 57.9 Å². The van der Waals surface area contributed by atoms with Crippen molar-refractivity contribution in [2.45, 2.75) is 54.0 Å². The van der Waals surface area contributed by atoms with Crippen molar-refractivity contribution in [1.29, 1.82) is 0 Å². The molecule has 0 spiro atoms. The van der Waals surface area contributed by atoms with Gasteiger partial charge in [-0.15, -0.1) is 0 Å². The third-order valence-electron chi connectivity index (χ3n) is 4.99. The number of anilines is 1. The Morgan fingerprint density at radius 1 is 1.09 bits per heavy atom. The van der Waals surface area contributed by atoms with E-state index >= 15 is 0 Å².